The Kier molecular flexibility index (Phi) is 3.70. The van der Waals surface area contributed by atoms with Crippen LogP contribution in [0.25, 0.3) is 0 Å². The van der Waals surface area contributed by atoms with E-state index in [0.717, 1.165) is 41.6 Å². The van der Waals surface area contributed by atoms with Crippen LogP contribution < -0.4 is 10.6 Å². The van der Waals surface area contributed by atoms with Crippen molar-refractivity contribution in [1.82, 2.24) is 0 Å². The lowest BCUT2D eigenvalue weighted by molar-refractivity contribution is -0.120. The molecule has 0 bridgehead atoms. The molecule has 1 aromatic rings. The van der Waals surface area contributed by atoms with Crippen LogP contribution in [0.3, 0.4) is 0 Å². The molecule has 2 amide bonds. The standard InChI is InChI=1S/C17H22N2O2/c1-3-16(20)18-14-5-4-10(2)15(9-14)19-17(21)13-7-11-6-12(11)8-13/h4-5,9,11-13H,3,6-8H2,1-2H3,(H,18,20)(H,19,21). The molecule has 2 saturated carbocycles. The molecule has 2 unspecified atom stereocenters. The third-order valence-corrected chi connectivity index (χ3v) is 4.71. The lowest BCUT2D eigenvalue weighted by atomic mass is 10.0. The van der Waals surface area contributed by atoms with Crippen molar-refractivity contribution in [2.75, 3.05) is 10.6 Å². The van der Waals surface area contributed by atoms with Crippen molar-refractivity contribution in [2.24, 2.45) is 17.8 Å². The van der Waals surface area contributed by atoms with Crippen molar-refractivity contribution >= 4 is 23.2 Å². The summed E-state index contributed by atoms with van der Waals surface area (Å²) in [4.78, 5) is 23.8. The van der Waals surface area contributed by atoms with Gasteiger partial charge >= 0.3 is 0 Å². The van der Waals surface area contributed by atoms with E-state index in [1.807, 2.05) is 32.0 Å². The van der Waals surface area contributed by atoms with Gasteiger partial charge in [0.2, 0.25) is 11.8 Å². The number of carbonyl (C=O) groups is 2. The van der Waals surface area contributed by atoms with Gasteiger partial charge in [0.15, 0.2) is 0 Å². The third kappa shape index (κ3) is 3.09. The summed E-state index contributed by atoms with van der Waals surface area (Å²) in [5.74, 6) is 1.88. The molecule has 2 N–H and O–H groups in total. The van der Waals surface area contributed by atoms with Gasteiger partial charge in [0.1, 0.15) is 0 Å². The van der Waals surface area contributed by atoms with Crippen LogP contribution in [0, 0.1) is 24.7 Å². The molecule has 0 radical (unpaired) electrons. The van der Waals surface area contributed by atoms with Crippen LogP contribution >= 0.6 is 0 Å². The van der Waals surface area contributed by atoms with Crippen LogP contribution in [-0.2, 0) is 9.59 Å². The summed E-state index contributed by atoms with van der Waals surface area (Å²) >= 11 is 0. The van der Waals surface area contributed by atoms with Crippen molar-refractivity contribution in [3.63, 3.8) is 0 Å². The maximum atomic E-state index is 12.3. The fourth-order valence-electron chi connectivity index (χ4n) is 3.25. The maximum absolute atomic E-state index is 12.3. The molecule has 2 fully saturated rings. The van der Waals surface area contributed by atoms with Crippen molar-refractivity contribution < 1.29 is 9.59 Å². The van der Waals surface area contributed by atoms with Crippen molar-refractivity contribution in [1.29, 1.82) is 0 Å². The van der Waals surface area contributed by atoms with E-state index in [1.54, 1.807) is 0 Å². The second-order valence-corrected chi connectivity index (χ2v) is 6.34. The number of hydrogen-bond acceptors (Lipinski definition) is 2. The fraction of sp³-hybridized carbons (Fsp3) is 0.529. The van der Waals surface area contributed by atoms with Crippen LogP contribution in [0.4, 0.5) is 11.4 Å². The molecule has 0 spiro atoms. The van der Waals surface area contributed by atoms with E-state index in [9.17, 15) is 9.59 Å². The molecule has 4 heteroatoms. The molecule has 3 rings (SSSR count). The predicted octanol–water partition coefficient (Wildman–Crippen LogP) is 3.33. The quantitative estimate of drug-likeness (QED) is 0.892. The van der Waals surface area contributed by atoms with Gasteiger partial charge < -0.3 is 10.6 Å². The van der Waals surface area contributed by atoms with Crippen molar-refractivity contribution in [3.05, 3.63) is 23.8 Å². The van der Waals surface area contributed by atoms with Crippen LogP contribution in [-0.4, -0.2) is 11.8 Å². The highest BCUT2D eigenvalue weighted by Crippen LogP contribution is 2.54. The van der Waals surface area contributed by atoms with Gasteiger partial charge in [0.25, 0.3) is 0 Å². The van der Waals surface area contributed by atoms with E-state index in [0.29, 0.717) is 6.42 Å². The number of aryl methyl sites for hydroxylation is 1. The van der Waals surface area contributed by atoms with E-state index in [-0.39, 0.29) is 17.7 Å². The monoisotopic (exact) mass is 286 g/mol. The van der Waals surface area contributed by atoms with Crippen LogP contribution in [0.5, 0.6) is 0 Å². The van der Waals surface area contributed by atoms with E-state index in [4.69, 9.17) is 0 Å². The van der Waals surface area contributed by atoms with Gasteiger partial charge in [-0.25, -0.2) is 0 Å². The number of benzene rings is 1. The molecular weight excluding hydrogens is 264 g/mol. The summed E-state index contributed by atoms with van der Waals surface area (Å²) < 4.78 is 0. The lowest BCUT2D eigenvalue weighted by Gasteiger charge is -2.15. The van der Waals surface area contributed by atoms with Gasteiger partial charge in [-0.05, 0) is 55.7 Å². The Morgan fingerprint density at radius 1 is 1.14 bits per heavy atom. The highest BCUT2D eigenvalue weighted by atomic mass is 16.2. The molecule has 1 aromatic carbocycles. The molecule has 4 nitrogen and oxygen atoms in total. The molecule has 0 saturated heterocycles. The second kappa shape index (κ2) is 5.51. The predicted molar refractivity (Wildman–Crippen MR) is 83.1 cm³/mol. The number of rotatable bonds is 4. The second-order valence-electron chi connectivity index (χ2n) is 6.34. The molecule has 0 aromatic heterocycles. The molecular formula is C17H22N2O2. The molecule has 2 aliphatic rings. The minimum Gasteiger partial charge on any atom is -0.326 e. The Hall–Kier alpha value is -1.84. The summed E-state index contributed by atoms with van der Waals surface area (Å²) in [6.07, 6.45) is 3.85. The SMILES string of the molecule is CCC(=O)Nc1ccc(C)c(NC(=O)C2CC3CC3C2)c1. The smallest absolute Gasteiger partial charge is 0.227 e. The van der Waals surface area contributed by atoms with Crippen LogP contribution in [0.2, 0.25) is 0 Å². The van der Waals surface area contributed by atoms with Crippen molar-refractivity contribution in [3.8, 4) is 0 Å². The lowest BCUT2D eigenvalue weighted by Crippen LogP contribution is -2.22. The molecule has 112 valence electrons. The maximum Gasteiger partial charge on any atom is 0.227 e. The Morgan fingerprint density at radius 2 is 1.86 bits per heavy atom. The number of anilines is 2. The molecule has 0 heterocycles. The topological polar surface area (TPSA) is 58.2 Å². The van der Waals surface area contributed by atoms with Gasteiger partial charge in [-0.15, -0.1) is 0 Å². The molecule has 2 aliphatic carbocycles. The molecule has 0 aliphatic heterocycles. The number of hydrogen-bond donors (Lipinski definition) is 2. The molecule has 2 atom stereocenters. The zero-order valence-electron chi connectivity index (χ0n) is 12.6. The van der Waals surface area contributed by atoms with E-state index in [2.05, 4.69) is 10.6 Å². The van der Waals surface area contributed by atoms with Crippen LogP contribution in [0.15, 0.2) is 18.2 Å². The Labute approximate surface area is 125 Å². The van der Waals surface area contributed by atoms with E-state index >= 15 is 0 Å². The van der Waals surface area contributed by atoms with Crippen LogP contribution in [0.1, 0.15) is 38.2 Å². The summed E-state index contributed by atoms with van der Waals surface area (Å²) in [7, 11) is 0. The van der Waals surface area contributed by atoms with Gasteiger partial charge in [-0.3, -0.25) is 9.59 Å². The minimum absolute atomic E-state index is 0.0213. The van der Waals surface area contributed by atoms with Gasteiger partial charge in [0.05, 0.1) is 0 Å². The number of amides is 2. The van der Waals surface area contributed by atoms with E-state index in [1.165, 1.54) is 6.42 Å². The average Bonchev–Trinajstić information content (AvgIpc) is 3.08. The average molecular weight is 286 g/mol. The first kappa shape index (κ1) is 14.1. The first-order chi connectivity index (χ1) is 10.1. The summed E-state index contributed by atoms with van der Waals surface area (Å²) in [5.41, 5.74) is 2.55. The fourth-order valence-corrected chi connectivity index (χ4v) is 3.25. The van der Waals surface area contributed by atoms with Gasteiger partial charge in [0, 0.05) is 23.7 Å². The van der Waals surface area contributed by atoms with Gasteiger partial charge in [-0.2, -0.15) is 0 Å². The number of nitrogens with one attached hydrogen (secondary N) is 2. The summed E-state index contributed by atoms with van der Waals surface area (Å²) in [5, 5.41) is 5.86. The number of carbonyl (C=O) groups excluding carboxylic acids is 2. The highest BCUT2D eigenvalue weighted by Gasteiger charge is 2.47. The summed E-state index contributed by atoms with van der Waals surface area (Å²) in [6.45, 7) is 3.78. The molecule has 21 heavy (non-hydrogen) atoms. The van der Waals surface area contributed by atoms with Gasteiger partial charge in [-0.1, -0.05) is 13.0 Å². The Bertz CT molecular complexity index is 572. The van der Waals surface area contributed by atoms with Crippen molar-refractivity contribution in [2.45, 2.75) is 39.5 Å². The Morgan fingerprint density at radius 3 is 2.52 bits per heavy atom. The summed E-state index contributed by atoms with van der Waals surface area (Å²) in [6, 6.07) is 5.63. The zero-order chi connectivity index (χ0) is 15.0. The number of fused-ring (bicyclic) bond motifs is 1. The normalized spacial score (nSPS) is 26.1. The third-order valence-electron chi connectivity index (χ3n) is 4.71. The first-order valence-corrected chi connectivity index (χ1v) is 7.78. The zero-order valence-corrected chi connectivity index (χ0v) is 12.6. The van der Waals surface area contributed by atoms with E-state index < -0.39 is 0 Å². The largest absolute Gasteiger partial charge is 0.326 e. The first-order valence-electron chi connectivity index (χ1n) is 7.78. The highest BCUT2D eigenvalue weighted by molar-refractivity contribution is 5.95. The minimum atomic E-state index is -0.0213. The Balaban J connectivity index is 1.67.